The summed E-state index contributed by atoms with van der Waals surface area (Å²) in [7, 11) is 0. The van der Waals surface area contributed by atoms with Crippen molar-refractivity contribution in [1.82, 2.24) is 0 Å². The predicted octanol–water partition coefficient (Wildman–Crippen LogP) is 3.63. The Balaban J connectivity index is 2.61. The van der Waals surface area contributed by atoms with E-state index >= 15 is 0 Å². The lowest BCUT2D eigenvalue weighted by Gasteiger charge is -2.53. The monoisotopic (exact) mass is 152 g/mol. The Morgan fingerprint density at radius 1 is 1.55 bits per heavy atom. The van der Waals surface area contributed by atoms with E-state index in [1.165, 1.54) is 18.4 Å². The van der Waals surface area contributed by atoms with E-state index in [1.54, 1.807) is 0 Å². The van der Waals surface area contributed by atoms with Crippen LogP contribution >= 0.6 is 0 Å². The van der Waals surface area contributed by atoms with Gasteiger partial charge in [0.15, 0.2) is 0 Å². The van der Waals surface area contributed by atoms with Crippen molar-refractivity contribution in [2.45, 2.75) is 40.5 Å². The maximum absolute atomic E-state index is 4.04. The smallest absolute Gasteiger partial charge is 0.0152 e. The molecule has 1 rings (SSSR count). The van der Waals surface area contributed by atoms with Gasteiger partial charge in [0.25, 0.3) is 0 Å². The van der Waals surface area contributed by atoms with Crippen LogP contribution in [0.4, 0.5) is 0 Å². The van der Waals surface area contributed by atoms with Gasteiger partial charge in [0.05, 0.1) is 0 Å². The normalized spacial score (nSPS) is 34.5. The standard InChI is InChI=1S/C11H20/c1-6-9-7-10(8(2)3)11(9,4)5/h9-10H,2,6-7H2,1,3-5H3/t9-,10+/m0/s1. The summed E-state index contributed by atoms with van der Waals surface area (Å²) in [6, 6.07) is 0. The maximum atomic E-state index is 4.04. The largest absolute Gasteiger partial charge is 0.0998 e. The molecule has 1 aliphatic carbocycles. The van der Waals surface area contributed by atoms with Crippen LogP contribution in [0.1, 0.15) is 40.5 Å². The molecule has 0 aromatic rings. The third kappa shape index (κ3) is 1.23. The van der Waals surface area contributed by atoms with Crippen LogP contribution in [0.3, 0.4) is 0 Å². The van der Waals surface area contributed by atoms with Gasteiger partial charge in [-0.3, -0.25) is 0 Å². The summed E-state index contributed by atoms with van der Waals surface area (Å²) in [6.45, 7) is 13.3. The van der Waals surface area contributed by atoms with Crippen LogP contribution in [0, 0.1) is 17.3 Å². The van der Waals surface area contributed by atoms with Gasteiger partial charge < -0.3 is 0 Å². The first kappa shape index (κ1) is 8.83. The quantitative estimate of drug-likeness (QED) is 0.530. The molecule has 0 spiro atoms. The Bertz CT molecular complexity index is 165. The summed E-state index contributed by atoms with van der Waals surface area (Å²) in [6.07, 6.45) is 2.70. The van der Waals surface area contributed by atoms with E-state index in [2.05, 4.69) is 34.3 Å². The van der Waals surface area contributed by atoms with Crippen LogP contribution < -0.4 is 0 Å². The minimum absolute atomic E-state index is 0.528. The molecule has 0 heteroatoms. The molecule has 0 saturated heterocycles. The van der Waals surface area contributed by atoms with Crippen LogP contribution in [-0.4, -0.2) is 0 Å². The summed E-state index contributed by atoms with van der Waals surface area (Å²) in [5, 5.41) is 0. The van der Waals surface area contributed by atoms with Crippen LogP contribution in [-0.2, 0) is 0 Å². The van der Waals surface area contributed by atoms with Gasteiger partial charge in [0.1, 0.15) is 0 Å². The maximum Gasteiger partial charge on any atom is -0.0152 e. The van der Waals surface area contributed by atoms with Gasteiger partial charge in [0.2, 0.25) is 0 Å². The lowest BCUT2D eigenvalue weighted by atomic mass is 9.52. The highest BCUT2D eigenvalue weighted by atomic mass is 14.5. The van der Waals surface area contributed by atoms with E-state index in [4.69, 9.17) is 0 Å². The van der Waals surface area contributed by atoms with Gasteiger partial charge in [0, 0.05) is 0 Å². The zero-order valence-corrected chi connectivity index (χ0v) is 8.28. The lowest BCUT2D eigenvalue weighted by molar-refractivity contribution is 0.00216. The van der Waals surface area contributed by atoms with Gasteiger partial charge in [-0.15, -0.1) is 0 Å². The van der Waals surface area contributed by atoms with E-state index in [1.807, 2.05) is 0 Å². The third-order valence-electron chi connectivity index (χ3n) is 3.56. The molecule has 11 heavy (non-hydrogen) atoms. The fourth-order valence-corrected chi connectivity index (χ4v) is 2.55. The topological polar surface area (TPSA) is 0 Å². The molecule has 0 unspecified atom stereocenters. The van der Waals surface area contributed by atoms with Crippen molar-refractivity contribution < 1.29 is 0 Å². The molecule has 0 N–H and O–H groups in total. The van der Waals surface area contributed by atoms with Crippen molar-refractivity contribution in [2.75, 3.05) is 0 Å². The van der Waals surface area contributed by atoms with Crippen molar-refractivity contribution >= 4 is 0 Å². The van der Waals surface area contributed by atoms with E-state index in [0.29, 0.717) is 5.41 Å². The zero-order chi connectivity index (χ0) is 8.65. The molecule has 1 saturated carbocycles. The van der Waals surface area contributed by atoms with Crippen LogP contribution in [0.25, 0.3) is 0 Å². The minimum Gasteiger partial charge on any atom is -0.0998 e. The number of hydrogen-bond donors (Lipinski definition) is 0. The number of allylic oxidation sites excluding steroid dienone is 1. The molecule has 0 bridgehead atoms. The van der Waals surface area contributed by atoms with Crippen molar-refractivity contribution in [3.8, 4) is 0 Å². The Morgan fingerprint density at radius 3 is 2.36 bits per heavy atom. The fraction of sp³-hybridized carbons (Fsp3) is 0.818. The summed E-state index contributed by atoms with van der Waals surface area (Å²) >= 11 is 0. The molecule has 0 aromatic carbocycles. The van der Waals surface area contributed by atoms with E-state index < -0.39 is 0 Å². The molecule has 0 amide bonds. The Labute approximate surface area is 70.7 Å². The second kappa shape index (κ2) is 2.66. The summed E-state index contributed by atoms with van der Waals surface area (Å²) in [4.78, 5) is 0. The Hall–Kier alpha value is -0.260. The first-order valence-corrected chi connectivity index (χ1v) is 4.65. The fourth-order valence-electron chi connectivity index (χ4n) is 2.55. The minimum atomic E-state index is 0.528. The van der Waals surface area contributed by atoms with Crippen LogP contribution in [0.5, 0.6) is 0 Å². The molecule has 0 nitrogen and oxygen atoms in total. The van der Waals surface area contributed by atoms with Gasteiger partial charge >= 0.3 is 0 Å². The van der Waals surface area contributed by atoms with E-state index in [9.17, 15) is 0 Å². The van der Waals surface area contributed by atoms with Crippen molar-refractivity contribution in [1.29, 1.82) is 0 Å². The van der Waals surface area contributed by atoms with Crippen molar-refractivity contribution in [2.24, 2.45) is 17.3 Å². The molecule has 1 fully saturated rings. The molecule has 0 radical (unpaired) electrons. The van der Waals surface area contributed by atoms with Crippen molar-refractivity contribution in [3.05, 3.63) is 12.2 Å². The van der Waals surface area contributed by atoms with Gasteiger partial charge in [-0.05, 0) is 30.6 Å². The summed E-state index contributed by atoms with van der Waals surface area (Å²) < 4.78 is 0. The lowest BCUT2D eigenvalue weighted by Crippen LogP contribution is -2.44. The van der Waals surface area contributed by atoms with Crippen molar-refractivity contribution in [3.63, 3.8) is 0 Å². The number of hydrogen-bond acceptors (Lipinski definition) is 0. The Kier molecular flexibility index (Phi) is 2.13. The highest BCUT2D eigenvalue weighted by Crippen LogP contribution is 2.55. The second-order valence-corrected chi connectivity index (χ2v) is 4.56. The molecule has 1 aliphatic rings. The summed E-state index contributed by atoms with van der Waals surface area (Å²) in [5.74, 6) is 1.72. The predicted molar refractivity (Wildman–Crippen MR) is 50.5 cm³/mol. The van der Waals surface area contributed by atoms with Crippen LogP contribution in [0.2, 0.25) is 0 Å². The molecule has 0 aliphatic heterocycles. The highest BCUT2D eigenvalue weighted by Gasteiger charge is 2.46. The Morgan fingerprint density at radius 2 is 2.09 bits per heavy atom. The SMILES string of the molecule is C=C(C)[C@H]1C[C@H](CC)C1(C)C. The average molecular weight is 152 g/mol. The van der Waals surface area contributed by atoms with Gasteiger partial charge in [-0.1, -0.05) is 39.3 Å². The van der Waals surface area contributed by atoms with E-state index in [0.717, 1.165) is 11.8 Å². The van der Waals surface area contributed by atoms with E-state index in [-0.39, 0.29) is 0 Å². The third-order valence-corrected chi connectivity index (χ3v) is 3.56. The first-order chi connectivity index (χ1) is 5.00. The molecule has 0 aromatic heterocycles. The second-order valence-electron chi connectivity index (χ2n) is 4.56. The first-order valence-electron chi connectivity index (χ1n) is 4.65. The highest BCUT2D eigenvalue weighted by molar-refractivity contribution is 5.11. The molecular weight excluding hydrogens is 132 g/mol. The van der Waals surface area contributed by atoms with Crippen LogP contribution in [0.15, 0.2) is 12.2 Å². The molecule has 2 atom stereocenters. The van der Waals surface area contributed by atoms with Gasteiger partial charge in [-0.2, -0.15) is 0 Å². The molecule has 0 heterocycles. The molecular formula is C11H20. The molecule has 64 valence electrons. The number of rotatable bonds is 2. The zero-order valence-electron chi connectivity index (χ0n) is 8.28. The average Bonchev–Trinajstić information content (AvgIpc) is 1.85. The van der Waals surface area contributed by atoms with Gasteiger partial charge in [-0.25, -0.2) is 0 Å². The summed E-state index contributed by atoms with van der Waals surface area (Å²) in [5.41, 5.74) is 1.90.